The normalized spacial score (nSPS) is 23.9. The summed E-state index contributed by atoms with van der Waals surface area (Å²) in [6.07, 6.45) is 8.54. The average molecular weight is 233 g/mol. The van der Waals surface area contributed by atoms with E-state index in [4.69, 9.17) is 0 Å². The van der Waals surface area contributed by atoms with Crippen LogP contribution < -0.4 is 5.32 Å². The Morgan fingerprint density at radius 2 is 2.24 bits per heavy atom. The number of carbonyl (C=O) groups excluding carboxylic acids is 1. The second-order valence-electron chi connectivity index (χ2n) is 5.25. The quantitative estimate of drug-likeness (QED) is 0.845. The second-order valence-corrected chi connectivity index (χ2v) is 5.25. The van der Waals surface area contributed by atoms with Gasteiger partial charge >= 0.3 is 0 Å². The highest BCUT2D eigenvalue weighted by Crippen LogP contribution is 2.31. The summed E-state index contributed by atoms with van der Waals surface area (Å²) in [6.45, 7) is 0. The van der Waals surface area contributed by atoms with Gasteiger partial charge < -0.3 is 5.32 Å². The van der Waals surface area contributed by atoms with Gasteiger partial charge in [-0.05, 0) is 32.1 Å². The zero-order chi connectivity index (χ0) is 11.8. The van der Waals surface area contributed by atoms with Crippen LogP contribution in [0, 0.1) is 5.92 Å². The van der Waals surface area contributed by atoms with Crippen LogP contribution in [0.15, 0.2) is 6.20 Å². The predicted molar refractivity (Wildman–Crippen MR) is 64.4 cm³/mol. The summed E-state index contributed by atoms with van der Waals surface area (Å²) in [7, 11) is 1.98. The molecule has 0 aromatic carbocycles. The molecule has 17 heavy (non-hydrogen) atoms. The van der Waals surface area contributed by atoms with E-state index in [0.717, 1.165) is 32.1 Å². The number of fused-ring (bicyclic) bond motifs is 1. The molecule has 0 saturated heterocycles. The maximum Gasteiger partial charge on any atom is 0.223 e. The van der Waals surface area contributed by atoms with Gasteiger partial charge in [0.1, 0.15) is 0 Å². The van der Waals surface area contributed by atoms with E-state index in [0.29, 0.717) is 0 Å². The highest BCUT2D eigenvalue weighted by molar-refractivity contribution is 5.79. The van der Waals surface area contributed by atoms with E-state index >= 15 is 0 Å². The molecule has 0 spiro atoms. The third-order valence-corrected chi connectivity index (χ3v) is 4.17. The van der Waals surface area contributed by atoms with Crippen molar-refractivity contribution in [2.45, 2.75) is 44.6 Å². The maximum absolute atomic E-state index is 12.0. The lowest BCUT2D eigenvalue weighted by Gasteiger charge is -2.29. The number of rotatable bonds is 2. The number of nitrogens with one attached hydrogen (secondary N) is 1. The summed E-state index contributed by atoms with van der Waals surface area (Å²) >= 11 is 0. The molecule has 92 valence electrons. The minimum Gasteiger partial charge on any atom is -0.349 e. The summed E-state index contributed by atoms with van der Waals surface area (Å²) in [5.41, 5.74) is 2.52. The highest BCUT2D eigenvalue weighted by Gasteiger charge is 2.30. The average Bonchev–Trinajstić information content (AvgIpc) is 2.59. The van der Waals surface area contributed by atoms with Gasteiger partial charge in [-0.15, -0.1) is 0 Å². The Morgan fingerprint density at radius 3 is 2.94 bits per heavy atom. The SMILES string of the molecule is Cn1ncc2c1CCCC2NC(=O)C1CCC1. The molecule has 1 heterocycles. The third-order valence-electron chi connectivity index (χ3n) is 4.17. The number of amides is 1. The fraction of sp³-hybridized carbons (Fsp3) is 0.692. The van der Waals surface area contributed by atoms with Crippen LogP contribution in [-0.2, 0) is 18.3 Å². The molecule has 2 aliphatic rings. The van der Waals surface area contributed by atoms with Gasteiger partial charge in [0, 0.05) is 24.2 Å². The van der Waals surface area contributed by atoms with Crippen LogP contribution in [0.2, 0.25) is 0 Å². The lowest BCUT2D eigenvalue weighted by Crippen LogP contribution is -2.38. The van der Waals surface area contributed by atoms with Crippen molar-refractivity contribution in [3.8, 4) is 0 Å². The molecular weight excluding hydrogens is 214 g/mol. The molecule has 1 aromatic rings. The van der Waals surface area contributed by atoms with Gasteiger partial charge in [0.15, 0.2) is 0 Å². The summed E-state index contributed by atoms with van der Waals surface area (Å²) in [4.78, 5) is 12.0. The number of hydrogen-bond acceptors (Lipinski definition) is 2. The van der Waals surface area contributed by atoms with Crippen molar-refractivity contribution < 1.29 is 4.79 Å². The zero-order valence-electron chi connectivity index (χ0n) is 10.3. The van der Waals surface area contributed by atoms with Gasteiger partial charge in [-0.1, -0.05) is 6.42 Å². The first-order valence-corrected chi connectivity index (χ1v) is 6.57. The molecule has 4 heteroatoms. The van der Waals surface area contributed by atoms with Gasteiger partial charge in [0.25, 0.3) is 0 Å². The van der Waals surface area contributed by atoms with E-state index in [1.165, 1.54) is 17.7 Å². The van der Waals surface area contributed by atoms with Gasteiger partial charge in [-0.2, -0.15) is 5.10 Å². The Labute approximate surface area is 101 Å². The van der Waals surface area contributed by atoms with Crippen LogP contribution in [0.25, 0.3) is 0 Å². The standard InChI is InChI=1S/C13H19N3O/c1-16-12-7-3-6-11(10(12)8-14-16)15-13(17)9-4-2-5-9/h8-9,11H,2-7H2,1H3,(H,15,17). The Morgan fingerprint density at radius 1 is 1.41 bits per heavy atom. The summed E-state index contributed by atoms with van der Waals surface area (Å²) in [5.74, 6) is 0.523. The molecule has 1 aromatic heterocycles. The zero-order valence-corrected chi connectivity index (χ0v) is 10.3. The molecule has 4 nitrogen and oxygen atoms in total. The van der Waals surface area contributed by atoms with E-state index in [1.54, 1.807) is 0 Å². The topological polar surface area (TPSA) is 46.9 Å². The number of hydrogen-bond donors (Lipinski definition) is 1. The van der Waals surface area contributed by atoms with Crippen LogP contribution in [-0.4, -0.2) is 15.7 Å². The van der Waals surface area contributed by atoms with Crippen molar-refractivity contribution >= 4 is 5.91 Å². The first-order chi connectivity index (χ1) is 8.25. The highest BCUT2D eigenvalue weighted by atomic mass is 16.2. The van der Waals surface area contributed by atoms with Crippen LogP contribution >= 0.6 is 0 Å². The monoisotopic (exact) mass is 233 g/mol. The van der Waals surface area contributed by atoms with Gasteiger partial charge in [0.2, 0.25) is 5.91 Å². The molecule has 1 amide bonds. The van der Waals surface area contributed by atoms with Crippen LogP contribution in [0.3, 0.4) is 0 Å². The van der Waals surface area contributed by atoms with Crippen molar-refractivity contribution in [3.05, 3.63) is 17.5 Å². The fourth-order valence-electron chi connectivity index (χ4n) is 2.82. The second kappa shape index (κ2) is 4.17. The Kier molecular flexibility index (Phi) is 2.65. The van der Waals surface area contributed by atoms with E-state index in [-0.39, 0.29) is 17.9 Å². The largest absolute Gasteiger partial charge is 0.349 e. The molecule has 1 N–H and O–H groups in total. The van der Waals surface area contributed by atoms with Crippen molar-refractivity contribution in [2.75, 3.05) is 0 Å². The fourth-order valence-corrected chi connectivity index (χ4v) is 2.82. The maximum atomic E-state index is 12.0. The number of aryl methyl sites for hydroxylation is 1. The summed E-state index contributed by atoms with van der Waals surface area (Å²) in [6, 6.07) is 0.195. The molecule has 1 atom stereocenters. The van der Waals surface area contributed by atoms with Crippen LogP contribution in [0.4, 0.5) is 0 Å². The molecule has 0 radical (unpaired) electrons. The molecule has 1 saturated carbocycles. The number of nitrogens with zero attached hydrogens (tertiary/aromatic N) is 2. The minimum atomic E-state index is 0.195. The van der Waals surface area contributed by atoms with Crippen molar-refractivity contribution in [1.82, 2.24) is 15.1 Å². The number of carbonyl (C=O) groups is 1. The van der Waals surface area contributed by atoms with Crippen LogP contribution in [0.5, 0.6) is 0 Å². The van der Waals surface area contributed by atoms with E-state index < -0.39 is 0 Å². The molecule has 3 rings (SSSR count). The smallest absolute Gasteiger partial charge is 0.223 e. The lowest BCUT2D eigenvalue weighted by atomic mass is 9.84. The molecule has 0 aliphatic heterocycles. The van der Waals surface area contributed by atoms with Crippen LogP contribution in [0.1, 0.15) is 49.4 Å². The Balaban J connectivity index is 1.74. The summed E-state index contributed by atoms with van der Waals surface area (Å²) in [5, 5.41) is 7.50. The molecule has 0 bridgehead atoms. The van der Waals surface area contributed by atoms with Gasteiger partial charge in [-0.3, -0.25) is 9.48 Å². The first-order valence-electron chi connectivity index (χ1n) is 6.57. The minimum absolute atomic E-state index is 0.195. The summed E-state index contributed by atoms with van der Waals surface area (Å²) < 4.78 is 1.94. The molecule has 2 aliphatic carbocycles. The van der Waals surface area contributed by atoms with Crippen molar-refractivity contribution in [2.24, 2.45) is 13.0 Å². The molecule has 1 fully saturated rings. The molecule has 1 unspecified atom stereocenters. The first kappa shape index (κ1) is 10.8. The molecular formula is C13H19N3O. The Hall–Kier alpha value is -1.32. The third kappa shape index (κ3) is 1.85. The van der Waals surface area contributed by atoms with Gasteiger partial charge in [-0.25, -0.2) is 0 Å². The number of aromatic nitrogens is 2. The van der Waals surface area contributed by atoms with E-state index in [2.05, 4.69) is 10.4 Å². The van der Waals surface area contributed by atoms with E-state index in [9.17, 15) is 4.79 Å². The van der Waals surface area contributed by atoms with Crippen molar-refractivity contribution in [3.63, 3.8) is 0 Å². The van der Waals surface area contributed by atoms with E-state index in [1.807, 2.05) is 17.9 Å². The Bertz CT molecular complexity index is 434. The predicted octanol–water partition coefficient (Wildman–Crippen LogP) is 1.71. The van der Waals surface area contributed by atoms with Gasteiger partial charge in [0.05, 0.1) is 12.2 Å². The van der Waals surface area contributed by atoms with Crippen molar-refractivity contribution in [1.29, 1.82) is 0 Å². The lowest BCUT2D eigenvalue weighted by molar-refractivity contribution is -0.128.